The lowest BCUT2D eigenvalue weighted by atomic mass is 10.1. The van der Waals surface area contributed by atoms with Crippen LogP contribution in [-0.4, -0.2) is 18.5 Å². The summed E-state index contributed by atoms with van der Waals surface area (Å²) in [5.41, 5.74) is 6.09. The molecule has 4 nitrogen and oxygen atoms in total. The number of carbonyl (C=O) groups excluding carboxylic acids is 1. The van der Waals surface area contributed by atoms with Gasteiger partial charge in [-0.1, -0.05) is 0 Å². The van der Waals surface area contributed by atoms with Crippen LogP contribution < -0.4 is 11.1 Å². The molecule has 1 aliphatic rings. The van der Waals surface area contributed by atoms with Crippen molar-refractivity contribution in [2.24, 2.45) is 5.92 Å². The summed E-state index contributed by atoms with van der Waals surface area (Å²) in [6, 6.07) is 1.90. The molecule has 0 atom stereocenters. The highest BCUT2D eigenvalue weighted by Gasteiger charge is 2.34. The average molecular weight is 317 g/mol. The van der Waals surface area contributed by atoms with Gasteiger partial charge in [-0.2, -0.15) is 18.4 Å². The summed E-state index contributed by atoms with van der Waals surface area (Å²) in [5, 5.41) is 12.2. The second kappa shape index (κ2) is 5.93. The minimum absolute atomic E-state index is 0.0180. The lowest BCUT2D eigenvalue weighted by molar-refractivity contribution is -0.134. The molecule has 8 heteroatoms. The monoisotopic (exact) mass is 317 g/mol. The van der Waals surface area contributed by atoms with Gasteiger partial charge in [0.2, 0.25) is 0 Å². The number of Topliss-reactive ketones (excluding diaryl/α,β-unsaturated/α-hetero) is 1. The van der Waals surface area contributed by atoms with E-state index in [2.05, 4.69) is 5.32 Å². The van der Waals surface area contributed by atoms with Gasteiger partial charge in [-0.25, -0.2) is 0 Å². The zero-order valence-corrected chi connectivity index (χ0v) is 11.9. The molecular weight excluding hydrogens is 303 g/mol. The quantitative estimate of drug-likeness (QED) is 0.621. The predicted molar refractivity (Wildman–Crippen MR) is 74.3 cm³/mol. The predicted octanol–water partition coefficient (Wildman–Crippen LogP) is 3.55. The van der Waals surface area contributed by atoms with Gasteiger partial charge in [-0.3, -0.25) is 4.79 Å². The molecule has 2 rings (SSSR count). The van der Waals surface area contributed by atoms with Gasteiger partial charge >= 0.3 is 6.18 Å². The SMILES string of the molecule is N#Cc1c(NCCCC(F)(F)F)sc(C(=O)C2CC2)c1N. The van der Waals surface area contributed by atoms with E-state index in [-0.39, 0.29) is 35.9 Å². The molecule has 1 heterocycles. The van der Waals surface area contributed by atoms with Crippen LogP contribution in [0.25, 0.3) is 0 Å². The van der Waals surface area contributed by atoms with Crippen LogP contribution in [0.15, 0.2) is 0 Å². The molecule has 0 spiro atoms. The van der Waals surface area contributed by atoms with Gasteiger partial charge < -0.3 is 11.1 Å². The van der Waals surface area contributed by atoms with Gasteiger partial charge in [0.25, 0.3) is 0 Å². The fourth-order valence-electron chi connectivity index (χ4n) is 1.88. The molecule has 0 unspecified atom stereocenters. The second-order valence-electron chi connectivity index (χ2n) is 4.94. The largest absolute Gasteiger partial charge is 0.396 e. The summed E-state index contributed by atoms with van der Waals surface area (Å²) in [6.45, 7) is 0.0746. The number of nitrogens with zero attached hydrogens (tertiary/aromatic N) is 1. The van der Waals surface area contributed by atoms with Crippen LogP contribution in [0, 0.1) is 17.2 Å². The van der Waals surface area contributed by atoms with Gasteiger partial charge in [-0.05, 0) is 19.3 Å². The number of nitrogens with one attached hydrogen (secondary N) is 1. The highest BCUT2D eigenvalue weighted by Crippen LogP contribution is 2.41. The van der Waals surface area contributed by atoms with Crippen LogP contribution in [0.5, 0.6) is 0 Å². The van der Waals surface area contributed by atoms with Gasteiger partial charge in [-0.15, -0.1) is 11.3 Å². The highest BCUT2D eigenvalue weighted by atomic mass is 32.1. The van der Waals surface area contributed by atoms with Crippen molar-refractivity contribution in [1.29, 1.82) is 5.26 Å². The van der Waals surface area contributed by atoms with Crippen LogP contribution in [0.4, 0.5) is 23.9 Å². The summed E-state index contributed by atoms with van der Waals surface area (Å²) < 4.78 is 36.2. The lowest BCUT2D eigenvalue weighted by Gasteiger charge is -2.07. The Morgan fingerprint density at radius 2 is 2.14 bits per heavy atom. The molecule has 1 aliphatic carbocycles. The molecule has 3 N–H and O–H groups in total. The molecule has 0 amide bonds. The van der Waals surface area contributed by atoms with Crippen LogP contribution in [0.3, 0.4) is 0 Å². The van der Waals surface area contributed by atoms with Crippen molar-refractivity contribution in [1.82, 2.24) is 0 Å². The average Bonchev–Trinajstić information content (AvgIpc) is 3.18. The Labute approximate surface area is 123 Å². The summed E-state index contributed by atoms with van der Waals surface area (Å²) in [4.78, 5) is 12.4. The number of nitriles is 1. The number of hydrogen-bond donors (Lipinski definition) is 2. The van der Waals surface area contributed by atoms with E-state index in [4.69, 9.17) is 11.0 Å². The van der Waals surface area contributed by atoms with Gasteiger partial charge in [0.15, 0.2) is 5.78 Å². The van der Waals surface area contributed by atoms with E-state index in [0.717, 1.165) is 24.2 Å². The number of halogens is 3. The van der Waals surface area contributed by atoms with E-state index in [1.807, 2.05) is 6.07 Å². The van der Waals surface area contributed by atoms with E-state index >= 15 is 0 Å². The van der Waals surface area contributed by atoms with Crippen molar-refractivity contribution in [2.75, 3.05) is 17.6 Å². The Bertz CT molecular complexity index is 585. The number of alkyl halides is 3. The van der Waals surface area contributed by atoms with Crippen LogP contribution >= 0.6 is 11.3 Å². The first-order chi connectivity index (χ1) is 9.83. The van der Waals surface area contributed by atoms with Gasteiger partial charge in [0.05, 0.1) is 10.6 Å². The molecule has 0 aliphatic heterocycles. The molecule has 114 valence electrons. The van der Waals surface area contributed by atoms with Crippen LogP contribution in [0.2, 0.25) is 0 Å². The number of rotatable bonds is 6. The smallest absolute Gasteiger partial charge is 0.389 e. The van der Waals surface area contributed by atoms with Crippen molar-refractivity contribution in [3.05, 3.63) is 10.4 Å². The Morgan fingerprint density at radius 3 is 2.67 bits per heavy atom. The highest BCUT2D eigenvalue weighted by molar-refractivity contribution is 7.19. The fourth-order valence-corrected chi connectivity index (χ4v) is 3.00. The van der Waals surface area contributed by atoms with Crippen molar-refractivity contribution >= 4 is 27.8 Å². The maximum Gasteiger partial charge on any atom is 0.389 e. The fraction of sp³-hybridized carbons (Fsp3) is 0.538. The molecule has 1 aromatic rings. The second-order valence-corrected chi connectivity index (χ2v) is 5.97. The third kappa shape index (κ3) is 3.88. The molecule has 21 heavy (non-hydrogen) atoms. The summed E-state index contributed by atoms with van der Waals surface area (Å²) >= 11 is 1.06. The zero-order chi connectivity index (χ0) is 15.6. The molecule has 0 aromatic carbocycles. The summed E-state index contributed by atoms with van der Waals surface area (Å²) in [7, 11) is 0. The Hall–Kier alpha value is -1.75. The van der Waals surface area contributed by atoms with Crippen LogP contribution in [0.1, 0.15) is 40.9 Å². The number of nitrogen functional groups attached to an aromatic ring is 1. The number of anilines is 2. The van der Waals surface area contributed by atoms with E-state index in [9.17, 15) is 18.0 Å². The topological polar surface area (TPSA) is 78.9 Å². The third-order valence-electron chi connectivity index (χ3n) is 3.15. The van der Waals surface area contributed by atoms with Crippen molar-refractivity contribution in [2.45, 2.75) is 31.9 Å². The molecular formula is C13H14F3N3OS. The summed E-state index contributed by atoms with van der Waals surface area (Å²) in [5.74, 6) is -0.0899. The molecule has 1 saturated carbocycles. The Morgan fingerprint density at radius 1 is 1.48 bits per heavy atom. The molecule has 0 radical (unpaired) electrons. The number of hydrogen-bond acceptors (Lipinski definition) is 5. The molecule has 0 saturated heterocycles. The standard InChI is InChI=1S/C13H14F3N3OS/c14-13(15,16)4-1-5-19-12-8(6-17)9(18)11(21-12)10(20)7-2-3-7/h7,19H,1-5,18H2. The molecule has 1 aromatic heterocycles. The van der Waals surface area contributed by atoms with E-state index < -0.39 is 12.6 Å². The van der Waals surface area contributed by atoms with E-state index in [0.29, 0.717) is 9.88 Å². The number of ketones is 1. The van der Waals surface area contributed by atoms with Gasteiger partial charge in [0, 0.05) is 18.9 Å². The lowest BCUT2D eigenvalue weighted by Crippen LogP contribution is -2.10. The minimum Gasteiger partial charge on any atom is -0.396 e. The minimum atomic E-state index is -4.19. The Balaban J connectivity index is 2.04. The normalized spacial score (nSPS) is 14.8. The first-order valence-corrected chi connectivity index (χ1v) is 7.32. The number of carbonyl (C=O) groups is 1. The molecule has 1 fully saturated rings. The van der Waals surface area contributed by atoms with Crippen molar-refractivity contribution in [3.8, 4) is 6.07 Å². The molecule has 0 bridgehead atoms. The maximum absolute atomic E-state index is 12.1. The van der Waals surface area contributed by atoms with Crippen molar-refractivity contribution < 1.29 is 18.0 Å². The summed E-state index contributed by atoms with van der Waals surface area (Å²) in [6.07, 6.45) is -3.53. The Kier molecular flexibility index (Phi) is 4.42. The number of thiophene rings is 1. The van der Waals surface area contributed by atoms with Crippen LogP contribution in [-0.2, 0) is 0 Å². The maximum atomic E-state index is 12.1. The first kappa shape index (κ1) is 15.6. The van der Waals surface area contributed by atoms with E-state index in [1.165, 1.54) is 0 Å². The third-order valence-corrected chi connectivity index (χ3v) is 4.33. The zero-order valence-electron chi connectivity index (χ0n) is 11.1. The number of nitrogens with two attached hydrogens (primary N) is 1. The van der Waals surface area contributed by atoms with Gasteiger partial charge in [0.1, 0.15) is 16.6 Å². The van der Waals surface area contributed by atoms with E-state index in [1.54, 1.807) is 0 Å². The first-order valence-electron chi connectivity index (χ1n) is 6.50. The van der Waals surface area contributed by atoms with Crippen molar-refractivity contribution in [3.63, 3.8) is 0 Å².